The van der Waals surface area contributed by atoms with Gasteiger partial charge in [0, 0.05) is 23.1 Å². The van der Waals surface area contributed by atoms with E-state index >= 15 is 0 Å². The number of thiophene rings is 1. The predicted molar refractivity (Wildman–Crippen MR) is 56.6 cm³/mol. The van der Waals surface area contributed by atoms with Crippen LogP contribution in [0.5, 0.6) is 0 Å². The molecule has 0 bridgehead atoms. The summed E-state index contributed by atoms with van der Waals surface area (Å²) in [4.78, 5) is 1.07. The molecule has 2 heterocycles. The molecule has 2 aromatic heterocycles. The van der Waals surface area contributed by atoms with Gasteiger partial charge in [-0.1, -0.05) is 11.6 Å². The largest absolute Gasteiger partial charge is 0.388 e. The van der Waals surface area contributed by atoms with Crippen LogP contribution in [0.2, 0.25) is 4.34 Å². The van der Waals surface area contributed by atoms with E-state index in [9.17, 15) is 5.11 Å². The van der Waals surface area contributed by atoms with Crippen molar-refractivity contribution in [2.75, 3.05) is 0 Å². The Hall–Kier alpha value is -0.840. The van der Waals surface area contributed by atoms with E-state index in [-0.39, 0.29) is 0 Å². The van der Waals surface area contributed by atoms with E-state index in [4.69, 9.17) is 11.6 Å². The van der Waals surface area contributed by atoms with Crippen LogP contribution in [0.4, 0.5) is 0 Å². The number of aromatic nitrogens is 2. The van der Waals surface area contributed by atoms with Crippen LogP contribution in [0.15, 0.2) is 24.5 Å². The zero-order chi connectivity index (χ0) is 9.97. The lowest BCUT2D eigenvalue weighted by atomic mass is 10.1. The van der Waals surface area contributed by atoms with Crippen molar-refractivity contribution in [3.05, 3.63) is 39.3 Å². The summed E-state index contributed by atoms with van der Waals surface area (Å²) in [6.07, 6.45) is 3.39. The van der Waals surface area contributed by atoms with Crippen molar-refractivity contribution in [1.82, 2.24) is 10.2 Å². The SMILES string of the molecule is OC(Cc1ccc(Cl)s1)c1cn[nH]c1. The Balaban J connectivity index is 2.05. The van der Waals surface area contributed by atoms with Crippen molar-refractivity contribution in [3.8, 4) is 0 Å². The molecule has 0 amide bonds. The first-order valence-electron chi connectivity index (χ1n) is 4.16. The van der Waals surface area contributed by atoms with Gasteiger partial charge in [0.2, 0.25) is 0 Å². The molecule has 0 aromatic carbocycles. The number of aliphatic hydroxyl groups excluding tert-OH is 1. The van der Waals surface area contributed by atoms with Gasteiger partial charge < -0.3 is 5.11 Å². The minimum Gasteiger partial charge on any atom is -0.388 e. The molecule has 0 spiro atoms. The monoisotopic (exact) mass is 228 g/mol. The van der Waals surface area contributed by atoms with Crippen LogP contribution in [0.1, 0.15) is 16.5 Å². The molecule has 1 unspecified atom stereocenters. The molecule has 0 saturated heterocycles. The standard InChI is InChI=1S/C9H9ClN2OS/c10-9-2-1-7(14-9)3-8(13)6-4-11-12-5-6/h1-2,4-5,8,13H,3H2,(H,11,12). The summed E-state index contributed by atoms with van der Waals surface area (Å²) >= 11 is 7.28. The number of hydrogen-bond acceptors (Lipinski definition) is 3. The zero-order valence-corrected chi connectivity index (χ0v) is 8.85. The van der Waals surface area contributed by atoms with E-state index in [0.29, 0.717) is 6.42 Å². The second-order valence-electron chi connectivity index (χ2n) is 2.96. The number of H-pyrrole nitrogens is 1. The Kier molecular flexibility index (Phi) is 2.86. The van der Waals surface area contributed by atoms with Crippen molar-refractivity contribution < 1.29 is 5.11 Å². The van der Waals surface area contributed by atoms with E-state index in [2.05, 4.69) is 10.2 Å². The van der Waals surface area contributed by atoms with E-state index in [0.717, 1.165) is 14.8 Å². The van der Waals surface area contributed by atoms with Crippen LogP contribution in [-0.4, -0.2) is 15.3 Å². The molecule has 0 aliphatic heterocycles. The van der Waals surface area contributed by atoms with Crippen molar-refractivity contribution in [2.45, 2.75) is 12.5 Å². The quantitative estimate of drug-likeness (QED) is 0.848. The maximum atomic E-state index is 9.78. The van der Waals surface area contributed by atoms with Crippen LogP contribution in [-0.2, 0) is 6.42 Å². The number of nitrogens with one attached hydrogen (secondary N) is 1. The van der Waals surface area contributed by atoms with E-state index in [1.54, 1.807) is 12.4 Å². The molecule has 3 nitrogen and oxygen atoms in total. The topological polar surface area (TPSA) is 48.9 Å². The molecule has 0 aliphatic carbocycles. The molecule has 0 radical (unpaired) electrons. The summed E-state index contributed by atoms with van der Waals surface area (Å²) in [5.74, 6) is 0. The molecule has 2 N–H and O–H groups in total. The summed E-state index contributed by atoms with van der Waals surface area (Å²) in [5.41, 5.74) is 0.800. The summed E-state index contributed by atoms with van der Waals surface area (Å²) in [5, 5.41) is 16.2. The van der Waals surface area contributed by atoms with Gasteiger partial charge in [0.1, 0.15) is 0 Å². The number of aromatic amines is 1. The highest BCUT2D eigenvalue weighted by Crippen LogP contribution is 2.26. The Morgan fingerprint density at radius 1 is 1.57 bits per heavy atom. The van der Waals surface area contributed by atoms with Gasteiger partial charge in [-0.05, 0) is 12.1 Å². The van der Waals surface area contributed by atoms with Crippen molar-refractivity contribution in [2.24, 2.45) is 0 Å². The molecule has 0 fully saturated rings. The average molecular weight is 229 g/mol. The van der Waals surface area contributed by atoms with Crippen LogP contribution in [0.25, 0.3) is 0 Å². The number of hydrogen-bond donors (Lipinski definition) is 2. The van der Waals surface area contributed by atoms with E-state index < -0.39 is 6.10 Å². The first-order chi connectivity index (χ1) is 6.75. The fourth-order valence-electron chi connectivity index (χ4n) is 1.21. The van der Waals surface area contributed by atoms with Crippen LogP contribution < -0.4 is 0 Å². The Labute approximate surface area is 90.4 Å². The van der Waals surface area contributed by atoms with Gasteiger partial charge in [-0.2, -0.15) is 5.10 Å². The molecule has 2 rings (SSSR count). The first kappa shape index (κ1) is 9.71. The predicted octanol–water partition coefficient (Wildman–Crippen LogP) is 2.40. The summed E-state index contributed by atoms with van der Waals surface area (Å²) in [6.45, 7) is 0. The lowest BCUT2D eigenvalue weighted by Gasteiger charge is -2.05. The lowest BCUT2D eigenvalue weighted by Crippen LogP contribution is -1.98. The molecule has 5 heteroatoms. The zero-order valence-electron chi connectivity index (χ0n) is 7.27. The van der Waals surface area contributed by atoms with Gasteiger partial charge >= 0.3 is 0 Å². The normalized spacial score (nSPS) is 13.0. The fourth-order valence-corrected chi connectivity index (χ4v) is 2.34. The number of nitrogens with zero attached hydrogens (tertiary/aromatic N) is 1. The summed E-state index contributed by atoms with van der Waals surface area (Å²) in [7, 11) is 0. The molecule has 2 aromatic rings. The molecule has 1 atom stereocenters. The van der Waals surface area contributed by atoms with Gasteiger partial charge in [0.15, 0.2) is 0 Å². The minimum absolute atomic E-state index is 0.511. The van der Waals surface area contributed by atoms with Crippen molar-refractivity contribution in [3.63, 3.8) is 0 Å². The Morgan fingerprint density at radius 2 is 2.43 bits per heavy atom. The van der Waals surface area contributed by atoms with Gasteiger partial charge in [-0.15, -0.1) is 11.3 Å². The smallest absolute Gasteiger partial charge is 0.0931 e. The highest BCUT2D eigenvalue weighted by atomic mass is 35.5. The second-order valence-corrected chi connectivity index (χ2v) is 4.76. The lowest BCUT2D eigenvalue weighted by molar-refractivity contribution is 0.179. The Morgan fingerprint density at radius 3 is 3.00 bits per heavy atom. The van der Waals surface area contributed by atoms with Crippen LogP contribution in [0, 0.1) is 0 Å². The van der Waals surface area contributed by atoms with Crippen molar-refractivity contribution >= 4 is 22.9 Å². The first-order valence-corrected chi connectivity index (χ1v) is 5.36. The molecule has 0 saturated carbocycles. The maximum Gasteiger partial charge on any atom is 0.0931 e. The third-order valence-electron chi connectivity index (χ3n) is 1.93. The summed E-state index contributed by atoms with van der Waals surface area (Å²) < 4.78 is 0.749. The highest BCUT2D eigenvalue weighted by Gasteiger charge is 2.10. The molecule has 14 heavy (non-hydrogen) atoms. The van der Waals surface area contributed by atoms with Crippen molar-refractivity contribution in [1.29, 1.82) is 0 Å². The number of aliphatic hydroxyl groups is 1. The molecule has 0 aliphatic rings. The fraction of sp³-hybridized carbons (Fsp3) is 0.222. The number of rotatable bonds is 3. The third-order valence-corrected chi connectivity index (χ3v) is 3.18. The maximum absolute atomic E-state index is 9.78. The van der Waals surface area contributed by atoms with Gasteiger partial charge in [0.25, 0.3) is 0 Å². The molecule has 74 valence electrons. The minimum atomic E-state index is -0.511. The van der Waals surface area contributed by atoms with Gasteiger partial charge in [-0.3, -0.25) is 5.10 Å². The van der Waals surface area contributed by atoms with Gasteiger partial charge in [0.05, 0.1) is 16.6 Å². The van der Waals surface area contributed by atoms with Gasteiger partial charge in [-0.25, -0.2) is 0 Å². The third kappa shape index (κ3) is 2.15. The van der Waals surface area contributed by atoms with E-state index in [1.165, 1.54) is 11.3 Å². The molecular weight excluding hydrogens is 220 g/mol. The second kappa shape index (κ2) is 4.13. The van der Waals surface area contributed by atoms with Crippen LogP contribution in [0.3, 0.4) is 0 Å². The summed E-state index contributed by atoms with van der Waals surface area (Å²) in [6, 6.07) is 3.76. The Bertz CT molecular complexity index is 399. The molecular formula is C9H9ClN2OS. The number of halogens is 1. The van der Waals surface area contributed by atoms with E-state index in [1.807, 2.05) is 12.1 Å². The average Bonchev–Trinajstić information content (AvgIpc) is 2.75. The highest BCUT2D eigenvalue weighted by molar-refractivity contribution is 7.16. The van der Waals surface area contributed by atoms with Crippen LogP contribution >= 0.6 is 22.9 Å².